The number of imide groups is 1. The summed E-state index contributed by atoms with van der Waals surface area (Å²) in [7, 11) is 0. The Labute approximate surface area is 140 Å². The summed E-state index contributed by atoms with van der Waals surface area (Å²) >= 11 is 0. The molecular weight excluding hydrogens is 308 g/mol. The Kier molecular flexibility index (Phi) is 4.53. The van der Waals surface area contributed by atoms with Gasteiger partial charge in [-0.25, -0.2) is 4.79 Å². The minimum atomic E-state index is -0.800. The number of nitrogens with one attached hydrogen (secondary N) is 3. The lowest BCUT2D eigenvalue weighted by Gasteiger charge is -2.30. The summed E-state index contributed by atoms with van der Waals surface area (Å²) in [5.41, 5.74) is 0.883. The molecule has 0 saturated carbocycles. The molecule has 24 heavy (non-hydrogen) atoms. The second-order valence-electron chi connectivity index (χ2n) is 6.77. The highest BCUT2D eigenvalue weighted by atomic mass is 16.2. The molecule has 2 fully saturated rings. The van der Waals surface area contributed by atoms with Gasteiger partial charge >= 0.3 is 6.03 Å². The second kappa shape index (κ2) is 6.60. The van der Waals surface area contributed by atoms with Crippen LogP contribution in [0.4, 0.5) is 4.79 Å². The molecule has 2 aliphatic rings. The topological polar surface area (TPSA) is 90.5 Å². The second-order valence-corrected chi connectivity index (χ2v) is 6.77. The maximum absolute atomic E-state index is 12.4. The van der Waals surface area contributed by atoms with E-state index in [1.807, 2.05) is 25.1 Å². The fourth-order valence-electron chi connectivity index (χ4n) is 3.29. The van der Waals surface area contributed by atoms with E-state index in [9.17, 15) is 14.4 Å². The van der Waals surface area contributed by atoms with Gasteiger partial charge in [0.1, 0.15) is 6.04 Å². The third-order valence-corrected chi connectivity index (χ3v) is 4.49. The molecule has 2 heterocycles. The van der Waals surface area contributed by atoms with E-state index in [2.05, 4.69) is 33.0 Å². The number of urea groups is 1. The third kappa shape index (κ3) is 3.91. The maximum atomic E-state index is 12.4. The summed E-state index contributed by atoms with van der Waals surface area (Å²) < 4.78 is 0. The van der Waals surface area contributed by atoms with E-state index >= 15 is 0 Å². The molecule has 0 bridgehead atoms. The minimum Gasteiger partial charge on any atom is -0.348 e. The molecule has 7 nitrogen and oxygen atoms in total. The van der Waals surface area contributed by atoms with Gasteiger partial charge in [0, 0.05) is 19.6 Å². The van der Waals surface area contributed by atoms with Crippen LogP contribution in [-0.4, -0.2) is 47.4 Å². The van der Waals surface area contributed by atoms with E-state index in [1.54, 1.807) is 0 Å². The minimum absolute atomic E-state index is 0.0264. The first-order chi connectivity index (χ1) is 11.4. The van der Waals surface area contributed by atoms with Crippen molar-refractivity contribution in [2.75, 3.05) is 13.1 Å². The first-order valence-corrected chi connectivity index (χ1v) is 8.12. The fourth-order valence-corrected chi connectivity index (χ4v) is 3.29. The highest BCUT2D eigenvalue weighted by molar-refractivity contribution is 6.02. The molecule has 0 aromatic heterocycles. The van der Waals surface area contributed by atoms with Crippen molar-refractivity contribution in [1.82, 2.24) is 20.9 Å². The first-order valence-electron chi connectivity index (χ1n) is 8.12. The molecule has 4 amide bonds. The monoisotopic (exact) mass is 330 g/mol. The molecule has 7 heteroatoms. The number of nitrogens with zero attached hydrogens (tertiary/aromatic N) is 1. The Balaban J connectivity index is 1.56. The van der Waals surface area contributed by atoms with Crippen LogP contribution >= 0.6 is 0 Å². The van der Waals surface area contributed by atoms with Crippen molar-refractivity contribution < 1.29 is 14.4 Å². The van der Waals surface area contributed by atoms with E-state index in [4.69, 9.17) is 0 Å². The number of carbonyl (C=O) groups excluding carboxylic acids is 3. The van der Waals surface area contributed by atoms with Crippen molar-refractivity contribution in [3.8, 4) is 0 Å². The number of benzene rings is 1. The molecule has 0 spiro atoms. The van der Waals surface area contributed by atoms with Gasteiger partial charge in [0.05, 0.1) is 12.0 Å². The molecule has 0 radical (unpaired) electrons. The molecule has 1 aromatic carbocycles. The quantitative estimate of drug-likeness (QED) is 0.744. The molecule has 2 aliphatic heterocycles. The van der Waals surface area contributed by atoms with Crippen LogP contribution in [0.2, 0.25) is 0 Å². The van der Waals surface area contributed by atoms with Crippen LogP contribution in [0.25, 0.3) is 0 Å². The van der Waals surface area contributed by atoms with Crippen molar-refractivity contribution in [1.29, 1.82) is 0 Å². The van der Waals surface area contributed by atoms with Crippen LogP contribution in [0.15, 0.2) is 30.3 Å². The molecule has 1 unspecified atom stereocenters. The van der Waals surface area contributed by atoms with Crippen LogP contribution in [0.3, 0.4) is 0 Å². The van der Waals surface area contributed by atoms with E-state index in [-0.39, 0.29) is 17.9 Å². The average molecular weight is 330 g/mol. The van der Waals surface area contributed by atoms with Gasteiger partial charge in [-0.3, -0.25) is 19.8 Å². The Morgan fingerprint density at radius 2 is 2.08 bits per heavy atom. The Morgan fingerprint density at radius 1 is 1.33 bits per heavy atom. The summed E-state index contributed by atoms with van der Waals surface area (Å²) in [6, 6.07) is 8.79. The highest BCUT2D eigenvalue weighted by Crippen LogP contribution is 2.23. The largest absolute Gasteiger partial charge is 0.348 e. The third-order valence-electron chi connectivity index (χ3n) is 4.49. The van der Waals surface area contributed by atoms with Crippen molar-refractivity contribution in [3.05, 3.63) is 35.9 Å². The van der Waals surface area contributed by atoms with E-state index < -0.39 is 18.0 Å². The van der Waals surface area contributed by atoms with Gasteiger partial charge in [0.2, 0.25) is 11.8 Å². The number of likely N-dealkylation sites (tertiary alicyclic amines) is 1. The summed E-state index contributed by atoms with van der Waals surface area (Å²) in [5.74, 6) is -0.733. The summed E-state index contributed by atoms with van der Waals surface area (Å²) in [6.07, 6.45) is 0.805. The number of carbonyl (C=O) groups is 3. The molecule has 2 atom stereocenters. The predicted molar refractivity (Wildman–Crippen MR) is 88.0 cm³/mol. The molecule has 3 rings (SSSR count). The van der Waals surface area contributed by atoms with Gasteiger partial charge in [0.25, 0.3) is 0 Å². The Bertz CT molecular complexity index is 632. The zero-order valence-electron chi connectivity index (χ0n) is 13.7. The highest BCUT2D eigenvalue weighted by Gasteiger charge is 2.38. The summed E-state index contributed by atoms with van der Waals surface area (Å²) in [5, 5.41) is 7.62. The van der Waals surface area contributed by atoms with Gasteiger partial charge in [-0.05, 0) is 18.9 Å². The maximum Gasteiger partial charge on any atom is 0.322 e. The van der Waals surface area contributed by atoms with Crippen molar-refractivity contribution in [2.45, 2.75) is 37.9 Å². The average Bonchev–Trinajstić information content (AvgIpc) is 2.88. The molecule has 0 aliphatic carbocycles. The summed E-state index contributed by atoms with van der Waals surface area (Å²) in [6.45, 7) is 4.47. The van der Waals surface area contributed by atoms with E-state index in [0.29, 0.717) is 0 Å². The standard InChI is InChI=1S/C17H22N4O3/c1-17(20-15(23)13-9-14(22)19-16(24)18-13)7-8-21(11-17)10-12-5-3-2-4-6-12/h2-6,13H,7-11H2,1H3,(H,20,23)(H2,18,19,22,24)/t13-,17?/m0/s1. The smallest absolute Gasteiger partial charge is 0.322 e. The Morgan fingerprint density at radius 3 is 2.79 bits per heavy atom. The van der Waals surface area contributed by atoms with Crippen LogP contribution < -0.4 is 16.0 Å². The van der Waals surface area contributed by atoms with Crippen LogP contribution in [0.5, 0.6) is 0 Å². The number of rotatable bonds is 4. The van der Waals surface area contributed by atoms with Gasteiger partial charge in [-0.15, -0.1) is 0 Å². The van der Waals surface area contributed by atoms with Crippen molar-refractivity contribution in [2.24, 2.45) is 0 Å². The van der Waals surface area contributed by atoms with Crippen LogP contribution in [0, 0.1) is 0 Å². The van der Waals surface area contributed by atoms with Crippen molar-refractivity contribution >= 4 is 17.8 Å². The van der Waals surface area contributed by atoms with Crippen LogP contribution in [0.1, 0.15) is 25.3 Å². The van der Waals surface area contributed by atoms with Crippen molar-refractivity contribution in [3.63, 3.8) is 0 Å². The SMILES string of the molecule is CC1(NC(=O)[C@@H]2CC(=O)NC(=O)N2)CCN(Cc2ccccc2)C1. The van der Waals surface area contributed by atoms with Crippen LogP contribution in [-0.2, 0) is 16.1 Å². The lowest BCUT2D eigenvalue weighted by atomic mass is 10.00. The predicted octanol–water partition coefficient (Wildman–Crippen LogP) is 0.365. The lowest BCUT2D eigenvalue weighted by Crippen LogP contribution is -2.61. The first kappa shape index (κ1) is 16.4. The number of amides is 4. The molecule has 3 N–H and O–H groups in total. The number of hydrogen-bond acceptors (Lipinski definition) is 4. The summed E-state index contributed by atoms with van der Waals surface area (Å²) in [4.78, 5) is 37.4. The normalized spacial score (nSPS) is 27.5. The molecular formula is C17H22N4O3. The van der Waals surface area contributed by atoms with Gasteiger partial charge in [-0.2, -0.15) is 0 Å². The Hall–Kier alpha value is -2.41. The zero-order chi connectivity index (χ0) is 17.2. The number of hydrogen-bond donors (Lipinski definition) is 3. The molecule has 1 aromatic rings. The van der Waals surface area contributed by atoms with Gasteiger partial charge in [0.15, 0.2) is 0 Å². The fraction of sp³-hybridized carbons (Fsp3) is 0.471. The van der Waals surface area contributed by atoms with E-state index in [0.717, 1.165) is 26.1 Å². The molecule has 2 saturated heterocycles. The van der Waals surface area contributed by atoms with E-state index in [1.165, 1.54) is 5.56 Å². The molecule has 128 valence electrons. The lowest BCUT2D eigenvalue weighted by molar-refractivity contribution is -0.129. The van der Waals surface area contributed by atoms with Gasteiger partial charge < -0.3 is 10.6 Å². The van der Waals surface area contributed by atoms with Gasteiger partial charge in [-0.1, -0.05) is 30.3 Å². The zero-order valence-corrected chi connectivity index (χ0v) is 13.7.